The van der Waals surface area contributed by atoms with Crippen LogP contribution in [0.15, 0.2) is 23.1 Å². The Labute approximate surface area is 118 Å². The second-order valence-corrected chi connectivity index (χ2v) is 5.63. The topological polar surface area (TPSA) is 55.6 Å². The average Bonchev–Trinajstić information content (AvgIpc) is 3.22. The van der Waals surface area contributed by atoms with Gasteiger partial charge in [-0.25, -0.2) is 0 Å². The predicted octanol–water partition coefficient (Wildman–Crippen LogP) is 2.38. The lowest BCUT2D eigenvalue weighted by molar-refractivity contribution is -0.128. The van der Waals surface area contributed by atoms with Gasteiger partial charge in [0.05, 0.1) is 12.9 Å². The van der Waals surface area contributed by atoms with Crippen LogP contribution in [0, 0.1) is 0 Å². The molecule has 0 atom stereocenters. The first-order valence-electron chi connectivity index (χ1n) is 6.51. The van der Waals surface area contributed by atoms with E-state index in [2.05, 4.69) is 0 Å². The van der Waals surface area contributed by atoms with E-state index < -0.39 is 0 Å². The van der Waals surface area contributed by atoms with Crippen LogP contribution in [0.1, 0.15) is 19.8 Å². The third-order valence-electron chi connectivity index (χ3n) is 3.19. The summed E-state index contributed by atoms with van der Waals surface area (Å²) in [6.45, 7) is 2.83. The van der Waals surface area contributed by atoms with Crippen LogP contribution in [0.2, 0.25) is 0 Å². The maximum Gasteiger partial charge on any atom is 0.233 e. The van der Waals surface area contributed by atoms with Gasteiger partial charge < -0.3 is 15.4 Å². The van der Waals surface area contributed by atoms with Crippen LogP contribution < -0.4 is 10.5 Å². The van der Waals surface area contributed by atoms with E-state index in [0.717, 1.165) is 30.0 Å². The van der Waals surface area contributed by atoms with E-state index in [-0.39, 0.29) is 5.91 Å². The van der Waals surface area contributed by atoms with Gasteiger partial charge in [0.2, 0.25) is 5.91 Å². The Morgan fingerprint density at radius 2 is 2.26 bits per heavy atom. The summed E-state index contributed by atoms with van der Waals surface area (Å²) >= 11 is 1.51. The van der Waals surface area contributed by atoms with Crippen molar-refractivity contribution in [2.75, 3.05) is 25.1 Å². The molecule has 1 aromatic rings. The van der Waals surface area contributed by atoms with Gasteiger partial charge >= 0.3 is 0 Å². The molecular weight excluding hydrogens is 260 g/mol. The fourth-order valence-electron chi connectivity index (χ4n) is 2.05. The Morgan fingerprint density at radius 3 is 2.84 bits per heavy atom. The van der Waals surface area contributed by atoms with E-state index in [9.17, 15) is 4.79 Å². The number of hydrogen-bond donors (Lipinski definition) is 1. The number of rotatable bonds is 6. The Balaban J connectivity index is 1.96. The molecule has 0 saturated heterocycles. The maximum atomic E-state index is 12.1. The normalized spacial score (nSPS) is 14.2. The molecule has 19 heavy (non-hydrogen) atoms. The number of thioether (sulfide) groups is 1. The van der Waals surface area contributed by atoms with Crippen molar-refractivity contribution < 1.29 is 9.53 Å². The first-order valence-corrected chi connectivity index (χ1v) is 7.50. The fourth-order valence-corrected chi connectivity index (χ4v) is 2.94. The number of ether oxygens (including phenoxy) is 1. The molecule has 0 aliphatic heterocycles. The lowest BCUT2D eigenvalue weighted by atomic mass is 10.3. The lowest BCUT2D eigenvalue weighted by Crippen LogP contribution is -2.34. The van der Waals surface area contributed by atoms with Gasteiger partial charge in [0.15, 0.2) is 0 Å². The highest BCUT2D eigenvalue weighted by Gasteiger charge is 2.31. The number of nitrogen functional groups attached to an aromatic ring is 1. The molecule has 104 valence electrons. The number of nitrogens with two attached hydrogens (primary N) is 1. The Kier molecular flexibility index (Phi) is 4.58. The summed E-state index contributed by atoms with van der Waals surface area (Å²) in [5.74, 6) is 1.38. The predicted molar refractivity (Wildman–Crippen MR) is 78.5 cm³/mol. The molecule has 0 bridgehead atoms. The van der Waals surface area contributed by atoms with Crippen molar-refractivity contribution in [1.82, 2.24) is 4.90 Å². The molecular formula is C14H20N2O2S. The summed E-state index contributed by atoms with van der Waals surface area (Å²) in [5, 5.41) is 0. The van der Waals surface area contributed by atoms with Crippen LogP contribution >= 0.6 is 11.8 Å². The largest absolute Gasteiger partial charge is 0.496 e. The number of amides is 1. The monoisotopic (exact) mass is 280 g/mol. The minimum Gasteiger partial charge on any atom is -0.496 e. The van der Waals surface area contributed by atoms with Gasteiger partial charge in [0, 0.05) is 29.2 Å². The third-order valence-corrected chi connectivity index (χ3v) is 4.23. The molecule has 0 radical (unpaired) electrons. The summed E-state index contributed by atoms with van der Waals surface area (Å²) in [6.07, 6.45) is 2.30. The van der Waals surface area contributed by atoms with E-state index in [4.69, 9.17) is 10.5 Å². The molecule has 0 aromatic heterocycles. The smallest absolute Gasteiger partial charge is 0.233 e. The van der Waals surface area contributed by atoms with Crippen LogP contribution in [0.25, 0.3) is 0 Å². The van der Waals surface area contributed by atoms with Crippen LogP contribution in [-0.4, -0.2) is 36.3 Å². The lowest BCUT2D eigenvalue weighted by Gasteiger charge is -2.20. The number of methoxy groups -OCH3 is 1. The van der Waals surface area contributed by atoms with Crippen LogP contribution in [0.5, 0.6) is 5.75 Å². The number of carbonyl (C=O) groups excluding carboxylic acids is 1. The summed E-state index contributed by atoms with van der Waals surface area (Å²) < 4.78 is 5.28. The third kappa shape index (κ3) is 3.56. The second-order valence-electron chi connectivity index (χ2n) is 4.61. The number of anilines is 1. The molecule has 1 aliphatic rings. The maximum absolute atomic E-state index is 12.1. The van der Waals surface area contributed by atoms with Crippen molar-refractivity contribution in [2.45, 2.75) is 30.7 Å². The van der Waals surface area contributed by atoms with Crippen molar-refractivity contribution in [2.24, 2.45) is 0 Å². The van der Waals surface area contributed by atoms with Crippen molar-refractivity contribution in [3.8, 4) is 5.75 Å². The molecule has 0 unspecified atom stereocenters. The molecule has 0 heterocycles. The zero-order valence-corrected chi connectivity index (χ0v) is 12.2. The first-order chi connectivity index (χ1) is 9.15. The van der Waals surface area contributed by atoms with Crippen molar-refractivity contribution in [3.05, 3.63) is 18.2 Å². The minimum absolute atomic E-state index is 0.203. The van der Waals surface area contributed by atoms with Gasteiger partial charge in [-0.05, 0) is 31.9 Å². The Morgan fingerprint density at radius 1 is 1.53 bits per heavy atom. The summed E-state index contributed by atoms with van der Waals surface area (Å²) in [7, 11) is 1.61. The summed E-state index contributed by atoms with van der Waals surface area (Å²) in [5.41, 5.74) is 6.38. The van der Waals surface area contributed by atoms with Gasteiger partial charge in [0.25, 0.3) is 0 Å². The van der Waals surface area contributed by atoms with Crippen LogP contribution in [-0.2, 0) is 4.79 Å². The second kappa shape index (κ2) is 6.19. The van der Waals surface area contributed by atoms with Crippen molar-refractivity contribution in [1.29, 1.82) is 0 Å². The van der Waals surface area contributed by atoms with E-state index in [0.29, 0.717) is 17.5 Å². The minimum atomic E-state index is 0.203. The highest BCUT2D eigenvalue weighted by Crippen LogP contribution is 2.32. The molecule has 4 nitrogen and oxygen atoms in total. The first kappa shape index (κ1) is 14.1. The van der Waals surface area contributed by atoms with Gasteiger partial charge in [-0.15, -0.1) is 11.8 Å². The van der Waals surface area contributed by atoms with Crippen LogP contribution in [0.4, 0.5) is 5.69 Å². The van der Waals surface area contributed by atoms with E-state index in [1.54, 1.807) is 13.2 Å². The molecule has 0 spiro atoms. The molecule has 2 rings (SSSR count). The number of carbonyl (C=O) groups is 1. The Bertz CT molecular complexity index is 461. The molecule has 1 aliphatic carbocycles. The van der Waals surface area contributed by atoms with Crippen molar-refractivity contribution >= 4 is 23.4 Å². The zero-order valence-electron chi connectivity index (χ0n) is 11.4. The Hall–Kier alpha value is -1.36. The van der Waals surface area contributed by atoms with E-state index in [1.165, 1.54) is 11.8 Å². The molecule has 2 N–H and O–H groups in total. The number of benzene rings is 1. The molecule has 1 saturated carbocycles. The molecule has 1 amide bonds. The summed E-state index contributed by atoms with van der Waals surface area (Å²) in [4.78, 5) is 15.1. The molecule has 5 heteroatoms. The molecule has 1 fully saturated rings. The van der Waals surface area contributed by atoms with E-state index in [1.807, 2.05) is 24.0 Å². The summed E-state index contributed by atoms with van der Waals surface area (Å²) in [6, 6.07) is 5.99. The van der Waals surface area contributed by atoms with Gasteiger partial charge in [-0.3, -0.25) is 4.79 Å². The zero-order chi connectivity index (χ0) is 13.8. The quantitative estimate of drug-likeness (QED) is 0.642. The SMILES string of the molecule is CCN(C(=O)CSc1ccc(N)cc1OC)C1CC1. The van der Waals surface area contributed by atoms with Crippen molar-refractivity contribution in [3.63, 3.8) is 0 Å². The average molecular weight is 280 g/mol. The van der Waals surface area contributed by atoms with E-state index >= 15 is 0 Å². The van der Waals surface area contributed by atoms with Gasteiger partial charge in [-0.2, -0.15) is 0 Å². The fraction of sp³-hybridized carbons (Fsp3) is 0.500. The highest BCUT2D eigenvalue weighted by molar-refractivity contribution is 8.00. The molecule has 1 aromatic carbocycles. The van der Waals surface area contributed by atoms with Crippen LogP contribution in [0.3, 0.4) is 0 Å². The number of nitrogens with zero attached hydrogens (tertiary/aromatic N) is 1. The standard InChI is InChI=1S/C14H20N2O2S/c1-3-16(11-5-6-11)14(17)9-19-13-7-4-10(15)8-12(13)18-2/h4,7-8,11H,3,5-6,9,15H2,1-2H3. The van der Waals surface area contributed by atoms with Gasteiger partial charge in [0.1, 0.15) is 5.75 Å². The highest BCUT2D eigenvalue weighted by atomic mass is 32.2. The van der Waals surface area contributed by atoms with Gasteiger partial charge in [-0.1, -0.05) is 0 Å². The number of hydrogen-bond acceptors (Lipinski definition) is 4.